The standard InChI is InChI=1S/C29H21N2Si.C14H14N.Ir/c1-17-8-9-18-10-11-20-21-12-13-30-28-24-15-19-6-4-5-7-25(19)31-29(24)32(2,3)26(27(21)28)16-23(20)22(18)14-17;1-10-4-6-13(7-5-10)14-8-11(2)12(3)9-15-14;/h4-14,16H,1-3H3;4-6,8-9H,1-3H3;/q2*-1;. The Labute approximate surface area is 296 Å². The number of nitrogens with zero attached hydrogens (tertiary/aromatic N) is 3. The SMILES string of the molecule is Cc1c[c-]c(-c2cc(C)c(C)cn2)cc1.Cc1ccc2ccc3c4ccnc5c4c(cc3c2c1)[Si](C)(C)c1nc2ccccc2[c-]c1-5.[Ir]. The topological polar surface area (TPSA) is 38.7 Å². The largest absolute Gasteiger partial charge is 0.332 e. The first-order valence-electron chi connectivity index (χ1n) is 16.2. The van der Waals surface area contributed by atoms with E-state index in [0.29, 0.717) is 0 Å². The normalized spacial score (nSPS) is 12.8. The van der Waals surface area contributed by atoms with Crippen molar-refractivity contribution in [1.82, 2.24) is 15.0 Å². The van der Waals surface area contributed by atoms with E-state index in [1.807, 2.05) is 18.5 Å². The van der Waals surface area contributed by atoms with Gasteiger partial charge in [-0.15, -0.1) is 47.5 Å². The van der Waals surface area contributed by atoms with Crippen molar-refractivity contribution >= 4 is 61.8 Å². The number of fused-ring (bicyclic) bond motifs is 7. The van der Waals surface area contributed by atoms with Crippen LogP contribution >= 0.6 is 0 Å². The zero-order chi connectivity index (χ0) is 32.4. The van der Waals surface area contributed by atoms with Gasteiger partial charge in [0.2, 0.25) is 0 Å². The van der Waals surface area contributed by atoms with Crippen molar-refractivity contribution in [1.29, 1.82) is 0 Å². The van der Waals surface area contributed by atoms with Crippen LogP contribution in [0.15, 0.2) is 103 Å². The number of hydrogen-bond acceptors (Lipinski definition) is 3. The third kappa shape index (κ3) is 5.27. The molecular weight excluding hydrogens is 779 g/mol. The zero-order valence-electron chi connectivity index (χ0n) is 28.0. The second-order valence-corrected chi connectivity index (χ2v) is 17.7. The Hall–Kier alpha value is -4.54. The number of benzene rings is 5. The van der Waals surface area contributed by atoms with Crippen molar-refractivity contribution in [3.63, 3.8) is 0 Å². The number of aromatic nitrogens is 3. The van der Waals surface area contributed by atoms with Gasteiger partial charge in [0.15, 0.2) is 0 Å². The first-order valence-corrected chi connectivity index (χ1v) is 19.2. The molecule has 3 nitrogen and oxygen atoms in total. The van der Waals surface area contributed by atoms with Gasteiger partial charge in [-0.3, -0.25) is 4.98 Å². The predicted octanol–water partition coefficient (Wildman–Crippen LogP) is 9.47. The van der Waals surface area contributed by atoms with Crippen LogP contribution in [0.1, 0.15) is 22.3 Å². The van der Waals surface area contributed by atoms with E-state index in [1.165, 1.54) is 65.1 Å². The maximum absolute atomic E-state index is 5.20. The Morgan fingerprint density at radius 3 is 2.27 bits per heavy atom. The van der Waals surface area contributed by atoms with Crippen LogP contribution in [-0.2, 0) is 20.1 Å². The number of para-hydroxylation sites is 1. The molecule has 48 heavy (non-hydrogen) atoms. The molecule has 1 radical (unpaired) electrons. The Morgan fingerprint density at radius 1 is 0.688 bits per heavy atom. The smallest absolute Gasteiger partial charge is 0.0968 e. The van der Waals surface area contributed by atoms with E-state index in [-0.39, 0.29) is 20.1 Å². The fraction of sp³-hybridized carbons (Fsp3) is 0.140. The van der Waals surface area contributed by atoms with E-state index in [1.54, 1.807) is 0 Å². The van der Waals surface area contributed by atoms with Crippen LogP contribution in [0.4, 0.5) is 0 Å². The van der Waals surface area contributed by atoms with Gasteiger partial charge < -0.3 is 9.97 Å². The summed E-state index contributed by atoms with van der Waals surface area (Å²) in [5.41, 5.74) is 10.2. The fourth-order valence-electron chi connectivity index (χ4n) is 6.94. The van der Waals surface area contributed by atoms with Crippen LogP contribution in [-0.4, -0.2) is 23.0 Å². The van der Waals surface area contributed by atoms with Crippen molar-refractivity contribution in [2.75, 3.05) is 0 Å². The average molecular weight is 814 g/mol. The Kier molecular flexibility index (Phi) is 8.11. The second kappa shape index (κ2) is 12.2. The summed E-state index contributed by atoms with van der Waals surface area (Å²) in [6, 6.07) is 39.4. The molecule has 0 saturated heterocycles. The zero-order valence-corrected chi connectivity index (χ0v) is 31.4. The van der Waals surface area contributed by atoms with Crippen LogP contribution in [0.3, 0.4) is 0 Å². The molecule has 5 heteroatoms. The summed E-state index contributed by atoms with van der Waals surface area (Å²) < 4.78 is 0. The molecule has 0 N–H and O–H groups in total. The molecule has 5 aromatic carbocycles. The molecule has 8 aromatic rings. The number of pyridine rings is 3. The fourth-order valence-corrected chi connectivity index (χ4v) is 9.78. The molecule has 0 aliphatic carbocycles. The van der Waals surface area contributed by atoms with Gasteiger partial charge in [-0.1, -0.05) is 108 Å². The van der Waals surface area contributed by atoms with Crippen LogP contribution in [0.5, 0.6) is 0 Å². The van der Waals surface area contributed by atoms with Gasteiger partial charge in [0, 0.05) is 38.2 Å². The van der Waals surface area contributed by atoms with Gasteiger partial charge >= 0.3 is 0 Å². The minimum Gasteiger partial charge on any atom is -0.332 e. The molecule has 9 rings (SSSR count). The molecule has 0 unspecified atom stereocenters. The third-order valence-corrected chi connectivity index (χ3v) is 13.1. The first kappa shape index (κ1) is 32.0. The van der Waals surface area contributed by atoms with Crippen LogP contribution in [0.25, 0.3) is 65.7 Å². The van der Waals surface area contributed by atoms with E-state index in [9.17, 15) is 0 Å². The van der Waals surface area contributed by atoms with E-state index < -0.39 is 8.07 Å². The van der Waals surface area contributed by atoms with E-state index in [4.69, 9.17) is 9.97 Å². The molecule has 1 aliphatic rings. The van der Waals surface area contributed by atoms with Crippen LogP contribution in [0, 0.1) is 39.8 Å². The minimum absolute atomic E-state index is 0. The molecule has 0 spiro atoms. The predicted molar refractivity (Wildman–Crippen MR) is 201 cm³/mol. The Morgan fingerprint density at radius 2 is 1.48 bits per heavy atom. The van der Waals surface area contributed by atoms with Crippen molar-refractivity contribution in [2.45, 2.75) is 40.8 Å². The Balaban J connectivity index is 0.000000193. The number of rotatable bonds is 1. The van der Waals surface area contributed by atoms with Crippen LogP contribution < -0.4 is 10.5 Å². The summed E-state index contributed by atoms with van der Waals surface area (Å²) in [6.45, 7) is 13.3. The summed E-state index contributed by atoms with van der Waals surface area (Å²) in [6.07, 6.45) is 3.87. The summed E-state index contributed by atoms with van der Waals surface area (Å²) >= 11 is 0. The molecule has 0 atom stereocenters. The summed E-state index contributed by atoms with van der Waals surface area (Å²) in [5, 5.41) is 11.5. The van der Waals surface area contributed by atoms with E-state index in [2.05, 4.69) is 143 Å². The third-order valence-electron chi connectivity index (χ3n) is 9.77. The van der Waals surface area contributed by atoms with Crippen molar-refractivity contribution < 1.29 is 20.1 Å². The molecule has 0 bridgehead atoms. The maximum Gasteiger partial charge on any atom is 0.0968 e. The summed E-state index contributed by atoms with van der Waals surface area (Å²) in [5.74, 6) is 0. The average Bonchev–Trinajstić information content (AvgIpc) is 3.08. The molecule has 0 amide bonds. The quantitative estimate of drug-likeness (QED) is 0.0943. The van der Waals surface area contributed by atoms with Gasteiger partial charge in [-0.2, -0.15) is 0 Å². The van der Waals surface area contributed by atoms with Crippen LogP contribution in [0.2, 0.25) is 13.1 Å². The van der Waals surface area contributed by atoms with Gasteiger partial charge in [-0.25, -0.2) is 0 Å². The van der Waals surface area contributed by atoms with E-state index >= 15 is 0 Å². The van der Waals surface area contributed by atoms with Crippen molar-refractivity contribution in [2.24, 2.45) is 0 Å². The first-order chi connectivity index (χ1) is 22.7. The van der Waals surface area contributed by atoms with Crippen molar-refractivity contribution in [3.8, 4) is 22.5 Å². The molecule has 3 aromatic heterocycles. The monoisotopic (exact) mass is 814 g/mol. The van der Waals surface area contributed by atoms with Gasteiger partial charge in [0.1, 0.15) is 0 Å². The summed E-state index contributed by atoms with van der Waals surface area (Å²) in [7, 11) is -2.08. The molecule has 0 saturated carbocycles. The van der Waals surface area contributed by atoms with Crippen molar-refractivity contribution in [3.05, 3.63) is 138 Å². The number of hydrogen-bond donors (Lipinski definition) is 0. The molecule has 237 valence electrons. The Bertz CT molecular complexity index is 2540. The second-order valence-electron chi connectivity index (χ2n) is 13.4. The minimum atomic E-state index is -2.08. The molecule has 4 heterocycles. The maximum atomic E-state index is 5.20. The number of aryl methyl sites for hydroxylation is 4. The molecule has 1 aliphatic heterocycles. The molecule has 0 fully saturated rings. The van der Waals surface area contributed by atoms with Gasteiger partial charge in [0.05, 0.1) is 8.07 Å². The van der Waals surface area contributed by atoms with Gasteiger partial charge in [0.25, 0.3) is 0 Å². The summed E-state index contributed by atoms with van der Waals surface area (Å²) in [4.78, 5) is 14.5. The molecular formula is C43H35IrN3Si-2. The van der Waals surface area contributed by atoms with Gasteiger partial charge in [-0.05, 0) is 81.2 Å². The van der Waals surface area contributed by atoms with E-state index in [0.717, 1.165) is 33.4 Å².